The monoisotopic (exact) mass is 538 g/mol. The van der Waals surface area contributed by atoms with E-state index in [4.69, 9.17) is 14.5 Å². The van der Waals surface area contributed by atoms with Crippen molar-refractivity contribution in [1.82, 2.24) is 25.0 Å². The van der Waals surface area contributed by atoms with Gasteiger partial charge in [-0.15, -0.1) is 0 Å². The van der Waals surface area contributed by atoms with Crippen LogP contribution in [0, 0.1) is 0 Å². The van der Waals surface area contributed by atoms with Crippen molar-refractivity contribution in [3.8, 4) is 0 Å². The number of likely N-dealkylation sites (N-methyl/N-ethyl adjacent to an activating group) is 1. The van der Waals surface area contributed by atoms with Crippen molar-refractivity contribution in [1.29, 1.82) is 0 Å². The summed E-state index contributed by atoms with van der Waals surface area (Å²) in [6, 6.07) is 11.5. The van der Waals surface area contributed by atoms with Gasteiger partial charge >= 0.3 is 12.2 Å². The highest BCUT2D eigenvalue weighted by Crippen LogP contribution is 2.23. The van der Waals surface area contributed by atoms with Gasteiger partial charge in [0.2, 0.25) is 0 Å². The largest absolute Gasteiger partial charge is 0.444 e. The summed E-state index contributed by atoms with van der Waals surface area (Å²) in [7, 11) is 3.91. The zero-order valence-corrected chi connectivity index (χ0v) is 24.4. The van der Waals surface area contributed by atoms with Crippen LogP contribution in [0.3, 0.4) is 0 Å². The minimum absolute atomic E-state index is 0.227. The summed E-state index contributed by atoms with van der Waals surface area (Å²) in [6.07, 6.45) is 2.27. The van der Waals surface area contributed by atoms with E-state index in [9.17, 15) is 9.59 Å². The first-order valence-corrected chi connectivity index (χ1v) is 13.2. The molecule has 0 fully saturated rings. The van der Waals surface area contributed by atoms with Crippen LogP contribution in [-0.2, 0) is 22.9 Å². The number of rotatable bonds is 9. The number of alkyl carbamates (subject to hydrolysis) is 1. The molecule has 39 heavy (non-hydrogen) atoms. The first-order chi connectivity index (χ1) is 18.2. The Morgan fingerprint density at radius 3 is 2.31 bits per heavy atom. The number of hydrogen-bond acceptors (Lipinski definition) is 7. The van der Waals surface area contributed by atoms with Crippen LogP contribution < -0.4 is 10.6 Å². The van der Waals surface area contributed by atoms with Crippen LogP contribution in [0.4, 0.5) is 15.4 Å². The quantitative estimate of drug-likeness (QED) is 0.373. The lowest BCUT2D eigenvalue weighted by atomic mass is 10.1. The van der Waals surface area contributed by atoms with Crippen LogP contribution >= 0.6 is 0 Å². The number of aromatic nitrogens is 3. The summed E-state index contributed by atoms with van der Waals surface area (Å²) in [5.41, 5.74) is 1.61. The summed E-state index contributed by atoms with van der Waals surface area (Å²) < 4.78 is 12.7. The molecule has 212 valence electrons. The molecule has 10 heteroatoms. The topological polar surface area (TPSA) is 111 Å². The average Bonchev–Trinajstić information content (AvgIpc) is 3.17. The Bertz CT molecular complexity index is 1260. The fourth-order valence-corrected chi connectivity index (χ4v) is 4.23. The van der Waals surface area contributed by atoms with Crippen LogP contribution in [0.2, 0.25) is 0 Å². The van der Waals surface area contributed by atoms with E-state index in [0.717, 1.165) is 35.1 Å². The molecule has 2 amide bonds. The first kappa shape index (κ1) is 29.9. The van der Waals surface area contributed by atoms with Gasteiger partial charge in [0, 0.05) is 19.0 Å². The minimum atomic E-state index is -0.605. The van der Waals surface area contributed by atoms with E-state index in [1.165, 1.54) is 0 Å². The molecule has 2 aromatic heterocycles. The van der Waals surface area contributed by atoms with Crippen LogP contribution in [0.15, 0.2) is 42.6 Å². The Kier molecular flexibility index (Phi) is 9.55. The van der Waals surface area contributed by atoms with Crippen molar-refractivity contribution in [2.45, 2.75) is 71.6 Å². The number of hydrogen-bond donors (Lipinski definition) is 2. The van der Waals surface area contributed by atoms with Gasteiger partial charge in [-0.05, 0) is 79.6 Å². The van der Waals surface area contributed by atoms with E-state index in [1.807, 2.05) is 86.0 Å². The van der Waals surface area contributed by atoms with E-state index < -0.39 is 23.4 Å². The predicted molar refractivity (Wildman–Crippen MR) is 153 cm³/mol. The van der Waals surface area contributed by atoms with Crippen molar-refractivity contribution in [3.63, 3.8) is 0 Å². The van der Waals surface area contributed by atoms with Gasteiger partial charge < -0.3 is 19.7 Å². The number of carbonyl (C=O) groups is 2. The lowest BCUT2D eigenvalue weighted by molar-refractivity contribution is 0.0492. The van der Waals surface area contributed by atoms with Crippen LogP contribution in [0.5, 0.6) is 0 Å². The Hall–Kier alpha value is -3.66. The lowest BCUT2D eigenvalue weighted by Gasteiger charge is -2.27. The number of carbonyl (C=O) groups excluding carboxylic acids is 2. The highest BCUT2D eigenvalue weighted by molar-refractivity contribution is 5.89. The highest BCUT2D eigenvalue weighted by atomic mass is 16.6. The summed E-state index contributed by atoms with van der Waals surface area (Å²) in [5, 5.41) is 11.0. The van der Waals surface area contributed by atoms with Crippen molar-refractivity contribution in [2.75, 3.05) is 25.5 Å². The molecule has 3 aromatic rings. The van der Waals surface area contributed by atoms with E-state index in [2.05, 4.69) is 20.6 Å². The van der Waals surface area contributed by atoms with Gasteiger partial charge in [-0.3, -0.25) is 10.00 Å². The summed E-state index contributed by atoms with van der Waals surface area (Å²) in [4.78, 5) is 31.7. The second kappa shape index (κ2) is 12.5. The Morgan fingerprint density at radius 2 is 1.67 bits per heavy atom. The molecule has 3 rings (SSSR count). The third-order valence-electron chi connectivity index (χ3n) is 5.76. The Labute approximate surface area is 231 Å². The molecule has 0 spiro atoms. The standard InChI is InChI=1S/C29H42N6O4/c1-28(2,3)38-26(36)32-23(20-13-10-9-11-14-20)19-34(7)16-12-15-22-25-21(18-30-35(25)8)17-24(31-22)33-27(37)39-29(4,5)6/h9-11,13-14,17-18,23H,12,15-16,19H2,1-8H3,(H,32,36)(H,31,33,37)/t23-/m1/s1. The van der Waals surface area contributed by atoms with Gasteiger partial charge in [0.15, 0.2) is 0 Å². The van der Waals surface area contributed by atoms with E-state index in [0.29, 0.717) is 18.8 Å². The van der Waals surface area contributed by atoms with Crippen molar-refractivity contribution >= 4 is 28.9 Å². The molecule has 0 bridgehead atoms. The van der Waals surface area contributed by atoms with E-state index in [-0.39, 0.29) is 6.04 Å². The second-order valence-electron chi connectivity index (χ2n) is 11.8. The van der Waals surface area contributed by atoms with Crippen LogP contribution in [0.1, 0.15) is 65.3 Å². The third-order valence-corrected chi connectivity index (χ3v) is 5.76. The van der Waals surface area contributed by atoms with Gasteiger partial charge in [-0.1, -0.05) is 30.3 Å². The minimum Gasteiger partial charge on any atom is -0.444 e. The maximum atomic E-state index is 12.5. The molecule has 0 saturated carbocycles. The van der Waals surface area contributed by atoms with E-state index >= 15 is 0 Å². The zero-order chi connectivity index (χ0) is 28.8. The number of fused-ring (bicyclic) bond motifs is 1. The molecule has 2 N–H and O–H groups in total. The van der Waals surface area contributed by atoms with Gasteiger partial charge in [-0.25, -0.2) is 14.6 Å². The zero-order valence-electron chi connectivity index (χ0n) is 24.4. The maximum Gasteiger partial charge on any atom is 0.413 e. The number of aryl methyl sites for hydroxylation is 2. The smallest absolute Gasteiger partial charge is 0.413 e. The number of benzene rings is 1. The molecule has 1 aromatic carbocycles. The number of ether oxygens (including phenoxy) is 2. The molecule has 0 aliphatic heterocycles. The Morgan fingerprint density at radius 1 is 1.03 bits per heavy atom. The van der Waals surface area contributed by atoms with Gasteiger partial charge in [0.25, 0.3) is 0 Å². The molecular weight excluding hydrogens is 496 g/mol. The van der Waals surface area contributed by atoms with E-state index in [1.54, 1.807) is 16.9 Å². The van der Waals surface area contributed by atoms with Gasteiger partial charge in [0.1, 0.15) is 17.0 Å². The molecule has 0 radical (unpaired) electrons. The fourth-order valence-electron chi connectivity index (χ4n) is 4.23. The lowest BCUT2D eigenvalue weighted by Crippen LogP contribution is -2.39. The summed E-state index contributed by atoms with van der Waals surface area (Å²) >= 11 is 0. The van der Waals surface area contributed by atoms with Gasteiger partial charge in [0.05, 0.1) is 23.4 Å². The van der Waals surface area contributed by atoms with Crippen LogP contribution in [0.25, 0.3) is 10.9 Å². The van der Waals surface area contributed by atoms with Gasteiger partial charge in [-0.2, -0.15) is 5.10 Å². The summed E-state index contributed by atoms with van der Waals surface area (Å²) in [6.45, 7) is 12.4. The number of amides is 2. The third kappa shape index (κ3) is 9.55. The summed E-state index contributed by atoms with van der Waals surface area (Å²) in [5.74, 6) is 0.429. The molecule has 0 aliphatic carbocycles. The number of anilines is 1. The Balaban J connectivity index is 1.67. The molecule has 0 saturated heterocycles. The molecular formula is C29H42N6O4. The second-order valence-corrected chi connectivity index (χ2v) is 11.8. The average molecular weight is 539 g/mol. The number of nitrogens with zero attached hydrogens (tertiary/aromatic N) is 4. The predicted octanol–water partition coefficient (Wildman–Crippen LogP) is 5.45. The van der Waals surface area contributed by atoms with Crippen molar-refractivity contribution < 1.29 is 19.1 Å². The molecule has 0 aliphatic rings. The normalized spacial score (nSPS) is 12.8. The van der Waals surface area contributed by atoms with Crippen molar-refractivity contribution in [3.05, 3.63) is 53.9 Å². The fraction of sp³-hybridized carbons (Fsp3) is 0.517. The SMILES string of the molecule is CN(CCCc1nc(NC(=O)OC(C)(C)C)cc2cnn(C)c12)C[C@@H](NC(=O)OC(C)(C)C)c1ccccc1. The first-order valence-electron chi connectivity index (χ1n) is 13.2. The van der Waals surface area contributed by atoms with Crippen LogP contribution in [-0.4, -0.2) is 63.2 Å². The molecule has 10 nitrogen and oxygen atoms in total. The molecule has 1 atom stereocenters. The highest BCUT2D eigenvalue weighted by Gasteiger charge is 2.22. The number of nitrogens with one attached hydrogen (secondary N) is 2. The number of pyridine rings is 1. The van der Waals surface area contributed by atoms with Crippen molar-refractivity contribution in [2.24, 2.45) is 7.05 Å². The molecule has 0 unspecified atom stereocenters. The maximum absolute atomic E-state index is 12.5. The molecule has 2 heterocycles.